The molecule has 5 atom stereocenters. The smallest absolute Gasteiger partial charge is 0.262 e. The molecule has 0 N–H and O–H groups in total. The van der Waals surface area contributed by atoms with Crippen LogP contribution < -0.4 is 0 Å². The lowest BCUT2D eigenvalue weighted by Crippen LogP contribution is -2.51. The van der Waals surface area contributed by atoms with Gasteiger partial charge in [0.15, 0.2) is 9.84 Å². The minimum Gasteiger partial charge on any atom is -0.370 e. The highest BCUT2D eigenvalue weighted by Crippen LogP contribution is 2.43. The van der Waals surface area contributed by atoms with Gasteiger partial charge < -0.3 is 14.2 Å². The lowest BCUT2D eigenvalue weighted by Gasteiger charge is -2.28. The van der Waals surface area contributed by atoms with Crippen molar-refractivity contribution >= 4 is 9.84 Å². The van der Waals surface area contributed by atoms with Crippen molar-refractivity contribution in [1.29, 1.82) is 0 Å². The van der Waals surface area contributed by atoms with E-state index in [0.29, 0.717) is 0 Å². The SMILES string of the molecule is CC(C)OC1CO[C@H]2[C@@H]1OCC2(F)S(=O)(=O)C(C)C(C)C. The van der Waals surface area contributed by atoms with Crippen LogP contribution in [0.15, 0.2) is 0 Å². The summed E-state index contributed by atoms with van der Waals surface area (Å²) in [6, 6.07) is 0. The van der Waals surface area contributed by atoms with Gasteiger partial charge in [0, 0.05) is 0 Å². The molecule has 0 saturated carbocycles. The van der Waals surface area contributed by atoms with E-state index in [1.165, 1.54) is 6.92 Å². The molecule has 2 fully saturated rings. The van der Waals surface area contributed by atoms with Crippen molar-refractivity contribution in [3.05, 3.63) is 0 Å². The van der Waals surface area contributed by atoms with Gasteiger partial charge in [0.1, 0.15) is 18.3 Å². The first-order chi connectivity index (χ1) is 9.61. The van der Waals surface area contributed by atoms with Crippen molar-refractivity contribution in [2.24, 2.45) is 5.92 Å². The van der Waals surface area contributed by atoms with Crippen LogP contribution in [-0.4, -0.2) is 56.3 Å². The summed E-state index contributed by atoms with van der Waals surface area (Å²) in [6.07, 6.45) is -2.24. The summed E-state index contributed by atoms with van der Waals surface area (Å²) in [5.41, 5.74) is 0. The first-order valence-electron chi connectivity index (χ1n) is 7.42. The van der Waals surface area contributed by atoms with Crippen molar-refractivity contribution in [2.45, 2.75) is 69.3 Å². The van der Waals surface area contributed by atoms with Gasteiger partial charge in [-0.1, -0.05) is 13.8 Å². The second-order valence-corrected chi connectivity index (χ2v) is 9.05. The number of rotatable bonds is 5. The topological polar surface area (TPSA) is 61.8 Å². The van der Waals surface area contributed by atoms with Crippen molar-refractivity contribution in [1.82, 2.24) is 0 Å². The Kier molecular flexibility index (Phi) is 4.69. The van der Waals surface area contributed by atoms with Gasteiger partial charge in [0.05, 0.1) is 24.6 Å². The lowest BCUT2D eigenvalue weighted by atomic mass is 10.1. The molecule has 0 amide bonds. The highest BCUT2D eigenvalue weighted by atomic mass is 32.2. The summed E-state index contributed by atoms with van der Waals surface area (Å²) < 4.78 is 56.9. The molecule has 0 aromatic rings. The Balaban J connectivity index is 2.23. The Morgan fingerprint density at radius 1 is 1.19 bits per heavy atom. The fourth-order valence-electron chi connectivity index (χ4n) is 2.82. The van der Waals surface area contributed by atoms with Crippen molar-refractivity contribution < 1.29 is 27.0 Å². The van der Waals surface area contributed by atoms with Gasteiger partial charge in [-0.2, -0.15) is 0 Å². The number of hydrogen-bond donors (Lipinski definition) is 0. The van der Waals surface area contributed by atoms with E-state index in [-0.39, 0.29) is 18.6 Å². The average molecular weight is 324 g/mol. The van der Waals surface area contributed by atoms with Crippen LogP contribution in [0.5, 0.6) is 0 Å². The molecule has 2 heterocycles. The fraction of sp³-hybridized carbons (Fsp3) is 1.00. The number of hydrogen-bond acceptors (Lipinski definition) is 5. The van der Waals surface area contributed by atoms with E-state index in [1.807, 2.05) is 13.8 Å². The lowest BCUT2D eigenvalue weighted by molar-refractivity contribution is -0.0597. The Hall–Kier alpha value is -0.240. The third-order valence-corrected chi connectivity index (χ3v) is 7.17. The fourth-order valence-corrected chi connectivity index (χ4v) is 4.91. The summed E-state index contributed by atoms with van der Waals surface area (Å²) in [5.74, 6) is -0.175. The van der Waals surface area contributed by atoms with E-state index in [4.69, 9.17) is 14.2 Å². The van der Waals surface area contributed by atoms with E-state index in [9.17, 15) is 8.42 Å². The molecule has 7 heteroatoms. The molecule has 0 aromatic heterocycles. The van der Waals surface area contributed by atoms with Crippen LogP contribution in [0.3, 0.4) is 0 Å². The quantitative estimate of drug-likeness (QED) is 0.770. The Morgan fingerprint density at radius 3 is 2.33 bits per heavy atom. The predicted molar refractivity (Wildman–Crippen MR) is 76.5 cm³/mol. The number of ether oxygens (including phenoxy) is 3. The highest BCUT2D eigenvalue weighted by Gasteiger charge is 2.65. The second kappa shape index (κ2) is 5.76. The van der Waals surface area contributed by atoms with Crippen LogP contribution in [0.25, 0.3) is 0 Å². The van der Waals surface area contributed by atoms with Crippen molar-refractivity contribution in [3.8, 4) is 0 Å². The van der Waals surface area contributed by atoms with Gasteiger partial charge in [0.25, 0.3) is 5.00 Å². The summed E-state index contributed by atoms with van der Waals surface area (Å²) >= 11 is 0. The van der Waals surface area contributed by atoms with Gasteiger partial charge in [-0.3, -0.25) is 0 Å². The van der Waals surface area contributed by atoms with Crippen molar-refractivity contribution in [2.75, 3.05) is 13.2 Å². The molecular formula is C14H25FO5S. The molecule has 124 valence electrons. The summed E-state index contributed by atoms with van der Waals surface area (Å²) in [5, 5.41) is -3.28. The molecule has 5 nitrogen and oxygen atoms in total. The largest absolute Gasteiger partial charge is 0.370 e. The molecule has 0 radical (unpaired) electrons. The number of halogens is 1. The maximum Gasteiger partial charge on any atom is 0.262 e. The first-order valence-corrected chi connectivity index (χ1v) is 8.97. The predicted octanol–water partition coefficient (Wildman–Crippen LogP) is 1.70. The molecule has 21 heavy (non-hydrogen) atoms. The second-order valence-electron chi connectivity index (χ2n) is 6.53. The molecule has 0 aromatic carbocycles. The van der Waals surface area contributed by atoms with Gasteiger partial charge in [-0.05, 0) is 26.7 Å². The molecule has 2 aliphatic rings. The van der Waals surface area contributed by atoms with E-state index in [2.05, 4.69) is 0 Å². The average Bonchev–Trinajstić information content (AvgIpc) is 2.91. The van der Waals surface area contributed by atoms with Crippen LogP contribution in [-0.2, 0) is 24.0 Å². The highest BCUT2D eigenvalue weighted by molar-refractivity contribution is 7.93. The zero-order valence-electron chi connectivity index (χ0n) is 13.2. The minimum absolute atomic E-state index is 0.0539. The molecule has 0 bridgehead atoms. The number of fused-ring (bicyclic) bond motifs is 1. The third kappa shape index (κ3) is 2.73. The maximum absolute atomic E-state index is 15.3. The van der Waals surface area contributed by atoms with Crippen molar-refractivity contribution in [3.63, 3.8) is 0 Å². The first kappa shape index (κ1) is 17.1. The molecule has 0 aliphatic carbocycles. The molecule has 2 aliphatic heterocycles. The minimum atomic E-state index is -4.02. The monoisotopic (exact) mass is 324 g/mol. The van der Waals surface area contributed by atoms with Gasteiger partial charge in [0.2, 0.25) is 0 Å². The van der Waals surface area contributed by atoms with Crippen LogP contribution in [0.2, 0.25) is 0 Å². The zero-order chi connectivity index (χ0) is 16.0. The molecule has 3 unspecified atom stereocenters. The van der Waals surface area contributed by atoms with Crippen LogP contribution in [0, 0.1) is 5.92 Å². The molecule has 2 saturated heterocycles. The van der Waals surface area contributed by atoms with E-state index >= 15 is 4.39 Å². The standard InChI is InChI=1S/C14H25FO5S/c1-8(2)10(5)21(16,17)14(15)7-19-12-11(20-9(3)4)6-18-13(12)14/h8-13H,6-7H2,1-5H3/t10?,11?,12-,13+,14?/m1/s1. The summed E-state index contributed by atoms with van der Waals surface area (Å²) in [4.78, 5) is 0. The zero-order valence-corrected chi connectivity index (χ0v) is 14.0. The summed E-state index contributed by atoms with van der Waals surface area (Å²) in [7, 11) is -4.02. The third-order valence-electron chi connectivity index (χ3n) is 4.35. The number of alkyl halides is 1. The molecule has 0 spiro atoms. The van der Waals surface area contributed by atoms with Crippen LogP contribution >= 0.6 is 0 Å². The Morgan fingerprint density at radius 2 is 1.81 bits per heavy atom. The number of sulfone groups is 1. The van der Waals surface area contributed by atoms with E-state index < -0.39 is 45.0 Å². The Bertz CT molecular complexity index is 478. The van der Waals surface area contributed by atoms with E-state index in [1.54, 1.807) is 13.8 Å². The maximum atomic E-state index is 15.3. The van der Waals surface area contributed by atoms with Crippen LogP contribution in [0.1, 0.15) is 34.6 Å². The van der Waals surface area contributed by atoms with Gasteiger partial charge in [-0.25, -0.2) is 12.8 Å². The van der Waals surface area contributed by atoms with Crippen LogP contribution in [0.4, 0.5) is 4.39 Å². The van der Waals surface area contributed by atoms with E-state index in [0.717, 1.165) is 0 Å². The molecule has 2 rings (SSSR count). The Labute approximate surface area is 126 Å². The van der Waals surface area contributed by atoms with Gasteiger partial charge in [-0.15, -0.1) is 0 Å². The summed E-state index contributed by atoms with van der Waals surface area (Å²) in [6.45, 7) is 8.46. The van der Waals surface area contributed by atoms with Gasteiger partial charge >= 0.3 is 0 Å². The normalized spacial score (nSPS) is 38.2. The molecular weight excluding hydrogens is 299 g/mol.